The molecule has 0 radical (unpaired) electrons. The molecular formula is C12H21N3O3. The smallest absolute Gasteiger partial charge is 0.248 e. The fraction of sp³-hybridized carbons (Fsp3) is 0.583. The minimum absolute atomic E-state index is 0.0414. The van der Waals surface area contributed by atoms with Crippen molar-refractivity contribution in [3.8, 4) is 0 Å². The van der Waals surface area contributed by atoms with E-state index in [1.165, 1.54) is 0 Å². The standard InChI is InChI=1S/C12H21N3O3/c1-4-5-18-15-11-7-14-9(8-17-3)6-10(11)12(16)13-2/h4,6,9,11,14-15H,1,5,7-8H2,2-3H3,(H,13,16)/t9-,11-/m0/s1. The van der Waals surface area contributed by atoms with Crippen molar-refractivity contribution in [3.63, 3.8) is 0 Å². The molecule has 0 bridgehead atoms. The highest BCUT2D eigenvalue weighted by atomic mass is 16.6. The summed E-state index contributed by atoms with van der Waals surface area (Å²) in [7, 11) is 3.24. The molecule has 0 aromatic rings. The lowest BCUT2D eigenvalue weighted by molar-refractivity contribution is -0.118. The Bertz CT molecular complexity index is 318. The average molecular weight is 255 g/mol. The molecule has 0 aromatic heterocycles. The number of carbonyl (C=O) groups excluding carboxylic acids is 1. The van der Waals surface area contributed by atoms with Crippen molar-refractivity contribution in [1.82, 2.24) is 16.1 Å². The summed E-state index contributed by atoms with van der Waals surface area (Å²) in [5, 5.41) is 5.88. The summed E-state index contributed by atoms with van der Waals surface area (Å²) in [5.41, 5.74) is 3.50. The highest BCUT2D eigenvalue weighted by molar-refractivity contribution is 5.94. The van der Waals surface area contributed by atoms with Crippen LogP contribution in [0.25, 0.3) is 0 Å². The molecule has 0 aliphatic carbocycles. The first-order chi connectivity index (χ1) is 8.72. The Morgan fingerprint density at radius 2 is 2.50 bits per heavy atom. The Morgan fingerprint density at radius 1 is 1.72 bits per heavy atom. The van der Waals surface area contributed by atoms with Gasteiger partial charge in [-0.2, -0.15) is 5.48 Å². The summed E-state index contributed by atoms with van der Waals surface area (Å²) in [6, 6.07) is -0.141. The number of ether oxygens (including phenoxy) is 1. The number of likely N-dealkylation sites (N-methyl/N-ethyl adjacent to an activating group) is 1. The van der Waals surface area contributed by atoms with E-state index in [0.29, 0.717) is 25.3 Å². The summed E-state index contributed by atoms with van der Waals surface area (Å²) in [6.45, 7) is 5.08. The van der Waals surface area contributed by atoms with Crippen LogP contribution in [-0.4, -0.2) is 51.9 Å². The van der Waals surface area contributed by atoms with Gasteiger partial charge in [-0.25, -0.2) is 0 Å². The van der Waals surface area contributed by atoms with Crippen LogP contribution in [-0.2, 0) is 14.4 Å². The predicted octanol–water partition coefficient (Wildman–Crippen LogP) is -0.647. The maximum atomic E-state index is 11.8. The zero-order chi connectivity index (χ0) is 13.4. The van der Waals surface area contributed by atoms with Gasteiger partial charge in [-0.15, -0.1) is 6.58 Å². The van der Waals surface area contributed by atoms with E-state index in [0.717, 1.165) is 0 Å². The highest BCUT2D eigenvalue weighted by Crippen LogP contribution is 2.10. The summed E-state index contributed by atoms with van der Waals surface area (Å²) in [5.74, 6) is -0.114. The SMILES string of the molecule is C=CCON[C@H]1CN[C@H](COC)C=C1C(=O)NC. The second kappa shape index (κ2) is 7.99. The van der Waals surface area contributed by atoms with Crippen LogP contribution in [0.15, 0.2) is 24.3 Å². The van der Waals surface area contributed by atoms with Gasteiger partial charge < -0.3 is 15.4 Å². The Balaban J connectivity index is 2.68. The van der Waals surface area contributed by atoms with Crippen LogP contribution in [0.1, 0.15) is 0 Å². The minimum atomic E-state index is -0.182. The fourth-order valence-electron chi connectivity index (χ4n) is 1.75. The molecule has 0 fully saturated rings. The first kappa shape index (κ1) is 14.8. The molecule has 1 rings (SSSR count). The third kappa shape index (κ3) is 4.23. The molecule has 1 heterocycles. The lowest BCUT2D eigenvalue weighted by atomic mass is 9.99. The number of rotatable bonds is 7. The lowest BCUT2D eigenvalue weighted by Crippen LogP contribution is -2.51. The van der Waals surface area contributed by atoms with Gasteiger partial charge in [0.2, 0.25) is 5.91 Å². The molecule has 6 nitrogen and oxygen atoms in total. The van der Waals surface area contributed by atoms with Crippen LogP contribution in [0.2, 0.25) is 0 Å². The van der Waals surface area contributed by atoms with Gasteiger partial charge in [-0.1, -0.05) is 12.2 Å². The van der Waals surface area contributed by atoms with E-state index >= 15 is 0 Å². The van der Waals surface area contributed by atoms with Crippen LogP contribution in [0, 0.1) is 0 Å². The zero-order valence-electron chi connectivity index (χ0n) is 10.9. The van der Waals surface area contributed by atoms with E-state index in [1.54, 1.807) is 20.2 Å². The molecule has 0 spiro atoms. The normalized spacial score (nSPS) is 23.3. The third-order valence-corrected chi connectivity index (χ3v) is 2.60. The Hall–Kier alpha value is -1.21. The van der Waals surface area contributed by atoms with Crippen LogP contribution in [0.4, 0.5) is 0 Å². The van der Waals surface area contributed by atoms with Crippen molar-refractivity contribution in [2.45, 2.75) is 12.1 Å². The molecule has 0 aromatic carbocycles. The van der Waals surface area contributed by atoms with E-state index < -0.39 is 0 Å². The fourth-order valence-corrected chi connectivity index (χ4v) is 1.75. The van der Waals surface area contributed by atoms with Crippen molar-refractivity contribution in [1.29, 1.82) is 0 Å². The average Bonchev–Trinajstić information content (AvgIpc) is 2.40. The topological polar surface area (TPSA) is 71.6 Å². The number of carbonyl (C=O) groups is 1. The molecule has 18 heavy (non-hydrogen) atoms. The van der Waals surface area contributed by atoms with Gasteiger partial charge in [-0.3, -0.25) is 9.63 Å². The molecule has 2 atom stereocenters. The highest BCUT2D eigenvalue weighted by Gasteiger charge is 2.26. The zero-order valence-corrected chi connectivity index (χ0v) is 10.9. The first-order valence-electron chi connectivity index (χ1n) is 5.87. The second-order valence-electron chi connectivity index (χ2n) is 3.94. The third-order valence-electron chi connectivity index (χ3n) is 2.60. The van der Waals surface area contributed by atoms with Gasteiger partial charge in [0.1, 0.15) is 0 Å². The number of hydrogen-bond acceptors (Lipinski definition) is 5. The monoisotopic (exact) mass is 255 g/mol. The molecule has 102 valence electrons. The van der Waals surface area contributed by atoms with Crippen LogP contribution >= 0.6 is 0 Å². The number of methoxy groups -OCH3 is 1. The molecule has 0 unspecified atom stereocenters. The van der Waals surface area contributed by atoms with Crippen molar-refractivity contribution in [3.05, 3.63) is 24.3 Å². The quantitative estimate of drug-likeness (QED) is 0.320. The van der Waals surface area contributed by atoms with Crippen molar-refractivity contribution >= 4 is 5.91 Å². The van der Waals surface area contributed by atoms with Crippen LogP contribution in [0.5, 0.6) is 0 Å². The number of hydrogen-bond donors (Lipinski definition) is 3. The summed E-state index contributed by atoms with van der Waals surface area (Å²) in [4.78, 5) is 17.0. The molecule has 0 saturated carbocycles. The Labute approximate surface area is 107 Å². The molecule has 1 aliphatic rings. The van der Waals surface area contributed by atoms with Gasteiger partial charge in [0.25, 0.3) is 0 Å². The van der Waals surface area contributed by atoms with E-state index in [-0.39, 0.29) is 18.0 Å². The molecule has 6 heteroatoms. The van der Waals surface area contributed by atoms with Gasteiger partial charge in [-0.05, 0) is 0 Å². The Kier molecular flexibility index (Phi) is 6.59. The maximum absolute atomic E-state index is 11.8. The van der Waals surface area contributed by atoms with Gasteiger partial charge in [0.15, 0.2) is 0 Å². The summed E-state index contributed by atoms with van der Waals surface area (Å²) >= 11 is 0. The summed E-state index contributed by atoms with van der Waals surface area (Å²) in [6.07, 6.45) is 3.50. The van der Waals surface area contributed by atoms with Crippen molar-refractivity contribution in [2.75, 3.05) is 33.9 Å². The lowest BCUT2D eigenvalue weighted by Gasteiger charge is -2.29. The van der Waals surface area contributed by atoms with Gasteiger partial charge >= 0.3 is 0 Å². The van der Waals surface area contributed by atoms with E-state index in [1.807, 2.05) is 6.08 Å². The van der Waals surface area contributed by atoms with E-state index in [2.05, 4.69) is 22.7 Å². The summed E-state index contributed by atoms with van der Waals surface area (Å²) < 4.78 is 5.07. The molecular weight excluding hydrogens is 234 g/mol. The number of amides is 1. The van der Waals surface area contributed by atoms with Crippen LogP contribution in [0.3, 0.4) is 0 Å². The largest absolute Gasteiger partial charge is 0.383 e. The van der Waals surface area contributed by atoms with Gasteiger partial charge in [0.05, 0.1) is 19.3 Å². The molecule has 0 saturated heterocycles. The second-order valence-corrected chi connectivity index (χ2v) is 3.94. The number of nitrogens with one attached hydrogen (secondary N) is 3. The van der Waals surface area contributed by atoms with Gasteiger partial charge in [0, 0.05) is 32.3 Å². The maximum Gasteiger partial charge on any atom is 0.248 e. The predicted molar refractivity (Wildman–Crippen MR) is 68.9 cm³/mol. The number of hydroxylamine groups is 1. The molecule has 1 aliphatic heterocycles. The first-order valence-corrected chi connectivity index (χ1v) is 5.87. The van der Waals surface area contributed by atoms with E-state index in [4.69, 9.17) is 9.57 Å². The van der Waals surface area contributed by atoms with Crippen LogP contribution < -0.4 is 16.1 Å². The molecule has 3 N–H and O–H groups in total. The minimum Gasteiger partial charge on any atom is -0.383 e. The Morgan fingerprint density at radius 3 is 3.11 bits per heavy atom. The van der Waals surface area contributed by atoms with E-state index in [9.17, 15) is 4.79 Å². The van der Waals surface area contributed by atoms with Crippen molar-refractivity contribution in [2.24, 2.45) is 0 Å². The molecule has 1 amide bonds. The van der Waals surface area contributed by atoms with Crippen molar-refractivity contribution < 1.29 is 14.4 Å².